The third-order valence-electron chi connectivity index (χ3n) is 7.41. The van der Waals surface area contributed by atoms with E-state index in [4.69, 9.17) is 11.6 Å². The fourth-order valence-electron chi connectivity index (χ4n) is 5.72. The molecule has 4 rings (SSSR count). The van der Waals surface area contributed by atoms with E-state index in [2.05, 4.69) is 29.2 Å². The van der Waals surface area contributed by atoms with Crippen molar-refractivity contribution >= 4 is 17.5 Å². The van der Waals surface area contributed by atoms with Crippen LogP contribution in [0.15, 0.2) is 42.5 Å². The summed E-state index contributed by atoms with van der Waals surface area (Å²) in [6.45, 7) is 2.73. The van der Waals surface area contributed by atoms with Gasteiger partial charge in [-0.05, 0) is 79.1 Å². The second-order valence-corrected chi connectivity index (χ2v) is 10.1. The van der Waals surface area contributed by atoms with E-state index in [1.165, 1.54) is 11.1 Å². The monoisotopic (exact) mass is 456 g/mol. The maximum absolute atomic E-state index is 13.0. The summed E-state index contributed by atoms with van der Waals surface area (Å²) < 4.78 is 0. The summed E-state index contributed by atoms with van der Waals surface area (Å²) >= 11 is 6.35. The predicted octanol–water partition coefficient (Wildman–Crippen LogP) is 3.81. The number of rotatable bonds is 6. The molecular formula is C26H33ClN2O3. The molecule has 2 atom stereocenters. The Morgan fingerprint density at radius 1 is 1.22 bits per heavy atom. The second-order valence-electron chi connectivity index (χ2n) is 9.66. The first-order chi connectivity index (χ1) is 15.3. The summed E-state index contributed by atoms with van der Waals surface area (Å²) in [6.07, 6.45) is 3.59. The molecule has 172 valence electrons. The van der Waals surface area contributed by atoms with E-state index in [1.807, 2.05) is 0 Å². The van der Waals surface area contributed by atoms with Crippen LogP contribution in [0.1, 0.15) is 41.9 Å². The number of aliphatic hydroxyl groups excluding tert-OH is 1. The summed E-state index contributed by atoms with van der Waals surface area (Å²) in [5.41, 5.74) is 3.65. The number of carbonyl (C=O) groups is 1. The zero-order valence-corrected chi connectivity index (χ0v) is 19.7. The standard InChI is InChI=1S/C26H33ClN2O3/c1-28(2)25(32)19(13-18-14-21(31)7-8-24(18)27)16-29-11-9-26(10-12-29)15-20(17-30)22-5-3-4-6-23(22)26/h3-8,14,19-20,30-31H,9-13,15-17H2,1-2H3. The van der Waals surface area contributed by atoms with Crippen LogP contribution < -0.4 is 0 Å². The average molecular weight is 457 g/mol. The molecule has 1 saturated heterocycles. The number of hydrogen-bond donors (Lipinski definition) is 2. The number of phenols is 1. The molecule has 1 aliphatic carbocycles. The van der Waals surface area contributed by atoms with Gasteiger partial charge in [0, 0.05) is 38.2 Å². The van der Waals surface area contributed by atoms with Crippen molar-refractivity contribution in [2.24, 2.45) is 5.92 Å². The quantitative estimate of drug-likeness (QED) is 0.693. The van der Waals surface area contributed by atoms with Gasteiger partial charge in [0.15, 0.2) is 0 Å². The van der Waals surface area contributed by atoms with Crippen LogP contribution in [0, 0.1) is 5.92 Å². The molecule has 2 aromatic carbocycles. The number of carbonyl (C=O) groups excluding carboxylic acids is 1. The molecule has 1 amide bonds. The van der Waals surface area contributed by atoms with E-state index in [1.54, 1.807) is 37.2 Å². The summed E-state index contributed by atoms with van der Waals surface area (Å²) in [6, 6.07) is 13.5. The Hall–Kier alpha value is -2.08. The molecule has 5 nitrogen and oxygen atoms in total. The van der Waals surface area contributed by atoms with Gasteiger partial charge in [0.05, 0.1) is 5.92 Å². The van der Waals surface area contributed by atoms with Gasteiger partial charge in [-0.3, -0.25) is 4.79 Å². The maximum atomic E-state index is 13.0. The lowest BCUT2D eigenvalue weighted by molar-refractivity contribution is -0.133. The van der Waals surface area contributed by atoms with Gasteiger partial charge in [-0.1, -0.05) is 35.9 Å². The lowest BCUT2D eigenvalue weighted by atomic mass is 9.73. The van der Waals surface area contributed by atoms with E-state index >= 15 is 0 Å². The first kappa shape index (κ1) is 23.1. The fraction of sp³-hybridized carbons (Fsp3) is 0.500. The van der Waals surface area contributed by atoms with Gasteiger partial charge >= 0.3 is 0 Å². The highest BCUT2D eigenvalue weighted by atomic mass is 35.5. The second kappa shape index (κ2) is 9.42. The minimum Gasteiger partial charge on any atom is -0.508 e. The Balaban J connectivity index is 1.47. The maximum Gasteiger partial charge on any atom is 0.226 e. The Bertz CT molecular complexity index is 969. The average Bonchev–Trinajstić information content (AvgIpc) is 3.10. The number of likely N-dealkylation sites (tertiary alicyclic amines) is 1. The first-order valence-electron chi connectivity index (χ1n) is 11.4. The van der Waals surface area contributed by atoms with E-state index < -0.39 is 0 Å². The number of halogens is 1. The van der Waals surface area contributed by atoms with Crippen molar-refractivity contribution in [1.29, 1.82) is 0 Å². The molecule has 0 bridgehead atoms. The van der Waals surface area contributed by atoms with Crippen LogP contribution in [-0.2, 0) is 16.6 Å². The Morgan fingerprint density at radius 3 is 2.62 bits per heavy atom. The van der Waals surface area contributed by atoms with E-state index in [-0.39, 0.29) is 35.5 Å². The molecule has 0 aromatic heterocycles. The highest BCUT2D eigenvalue weighted by Gasteiger charge is 2.45. The molecule has 0 saturated carbocycles. The molecule has 1 spiro atoms. The number of aliphatic hydroxyl groups is 1. The van der Waals surface area contributed by atoms with Crippen molar-refractivity contribution < 1.29 is 15.0 Å². The van der Waals surface area contributed by atoms with Crippen LogP contribution in [-0.4, -0.2) is 66.3 Å². The summed E-state index contributed by atoms with van der Waals surface area (Å²) in [4.78, 5) is 17.0. The van der Waals surface area contributed by atoms with Crippen LogP contribution in [0.5, 0.6) is 5.75 Å². The number of phenolic OH excluding ortho intramolecular Hbond substituents is 1. The van der Waals surface area contributed by atoms with E-state index in [0.29, 0.717) is 18.0 Å². The van der Waals surface area contributed by atoms with Crippen LogP contribution in [0.4, 0.5) is 0 Å². The molecule has 1 heterocycles. The van der Waals surface area contributed by atoms with Gasteiger partial charge in [0.1, 0.15) is 5.75 Å². The first-order valence-corrected chi connectivity index (χ1v) is 11.8. The zero-order chi connectivity index (χ0) is 22.9. The summed E-state index contributed by atoms with van der Waals surface area (Å²) in [5.74, 6) is 0.253. The highest BCUT2D eigenvalue weighted by Crippen LogP contribution is 2.51. The van der Waals surface area contributed by atoms with E-state index in [0.717, 1.165) is 37.9 Å². The number of amides is 1. The van der Waals surface area contributed by atoms with Crippen LogP contribution in [0.25, 0.3) is 0 Å². The SMILES string of the molecule is CN(C)C(=O)C(Cc1cc(O)ccc1Cl)CN1CCC2(CC1)CC(CO)c1ccccc12. The smallest absolute Gasteiger partial charge is 0.226 e. The van der Waals surface area contributed by atoms with Gasteiger partial charge in [-0.2, -0.15) is 0 Å². The number of hydrogen-bond acceptors (Lipinski definition) is 4. The number of nitrogens with zero attached hydrogens (tertiary/aromatic N) is 2. The number of piperidine rings is 1. The Labute approximate surface area is 195 Å². The van der Waals surface area contributed by atoms with Crippen LogP contribution in [0.3, 0.4) is 0 Å². The number of benzene rings is 2. The van der Waals surface area contributed by atoms with E-state index in [9.17, 15) is 15.0 Å². The Morgan fingerprint density at radius 2 is 1.94 bits per heavy atom. The minimum atomic E-state index is -0.223. The minimum absolute atomic E-state index is 0.0799. The Kier molecular flexibility index (Phi) is 6.80. The topological polar surface area (TPSA) is 64.0 Å². The van der Waals surface area contributed by atoms with Gasteiger partial charge in [0.25, 0.3) is 0 Å². The van der Waals surface area contributed by atoms with Gasteiger partial charge in [-0.25, -0.2) is 0 Å². The molecule has 0 radical (unpaired) electrons. The van der Waals surface area contributed by atoms with Crippen molar-refractivity contribution in [3.63, 3.8) is 0 Å². The number of aromatic hydroxyl groups is 1. The largest absolute Gasteiger partial charge is 0.508 e. The van der Waals surface area contributed by atoms with Crippen molar-refractivity contribution in [3.05, 3.63) is 64.2 Å². The third kappa shape index (κ3) is 4.52. The molecule has 2 N–H and O–H groups in total. The van der Waals surface area contributed by atoms with Crippen molar-refractivity contribution in [1.82, 2.24) is 9.80 Å². The molecular weight excluding hydrogens is 424 g/mol. The third-order valence-corrected chi connectivity index (χ3v) is 7.78. The van der Waals surface area contributed by atoms with Gasteiger partial charge in [-0.15, -0.1) is 0 Å². The van der Waals surface area contributed by atoms with Gasteiger partial charge in [0.2, 0.25) is 5.91 Å². The van der Waals surface area contributed by atoms with Crippen molar-refractivity contribution in [3.8, 4) is 5.75 Å². The fourth-order valence-corrected chi connectivity index (χ4v) is 5.91. The van der Waals surface area contributed by atoms with Crippen molar-refractivity contribution in [2.45, 2.75) is 37.0 Å². The highest BCUT2D eigenvalue weighted by molar-refractivity contribution is 6.31. The molecule has 2 aromatic rings. The molecule has 2 unspecified atom stereocenters. The lowest BCUT2D eigenvalue weighted by Gasteiger charge is -2.41. The summed E-state index contributed by atoms with van der Waals surface area (Å²) in [7, 11) is 3.57. The normalized spacial score (nSPS) is 20.8. The zero-order valence-electron chi connectivity index (χ0n) is 18.9. The predicted molar refractivity (Wildman–Crippen MR) is 127 cm³/mol. The van der Waals surface area contributed by atoms with Crippen LogP contribution in [0.2, 0.25) is 5.02 Å². The number of fused-ring (bicyclic) bond motifs is 2. The molecule has 1 aliphatic heterocycles. The van der Waals surface area contributed by atoms with Crippen LogP contribution >= 0.6 is 11.6 Å². The van der Waals surface area contributed by atoms with Crippen molar-refractivity contribution in [2.75, 3.05) is 40.3 Å². The molecule has 2 aliphatic rings. The lowest BCUT2D eigenvalue weighted by Crippen LogP contribution is -2.46. The summed E-state index contributed by atoms with van der Waals surface area (Å²) in [5, 5.41) is 20.4. The van der Waals surface area contributed by atoms with Gasteiger partial charge < -0.3 is 20.0 Å². The molecule has 1 fully saturated rings. The molecule has 6 heteroatoms. The molecule has 32 heavy (non-hydrogen) atoms.